The topological polar surface area (TPSA) is 62.2 Å². The molecule has 0 unspecified atom stereocenters. The number of hydrogen-bond acceptors (Lipinski definition) is 4. The van der Waals surface area contributed by atoms with E-state index in [1.54, 1.807) is 12.1 Å². The third-order valence-corrected chi connectivity index (χ3v) is 3.49. The lowest BCUT2D eigenvalue weighted by Crippen LogP contribution is -2.14. The van der Waals surface area contributed by atoms with Crippen LogP contribution in [0.3, 0.4) is 0 Å². The molecule has 2 aromatic rings. The van der Waals surface area contributed by atoms with E-state index in [0.29, 0.717) is 10.7 Å². The molecule has 1 heterocycles. The number of phenolic OH excluding ortho intramolecular Hbond substituents is 1. The van der Waals surface area contributed by atoms with Gasteiger partial charge in [-0.2, -0.15) is 13.2 Å². The Morgan fingerprint density at radius 1 is 1.27 bits per heavy atom. The largest absolute Gasteiger partial charge is 0.508 e. The summed E-state index contributed by atoms with van der Waals surface area (Å²) in [5.74, 6) is -0.333. The highest BCUT2D eigenvalue weighted by atomic mass is 32.2. The second-order valence-corrected chi connectivity index (χ2v) is 5.27. The summed E-state index contributed by atoms with van der Waals surface area (Å²) in [4.78, 5) is 15.4. The van der Waals surface area contributed by atoms with Gasteiger partial charge in [0.25, 0.3) is 0 Å². The number of nitrogens with zero attached hydrogens (tertiary/aromatic N) is 1. The number of hydrogen-bond donors (Lipinski definition) is 2. The van der Waals surface area contributed by atoms with Gasteiger partial charge in [-0.15, -0.1) is 0 Å². The van der Waals surface area contributed by atoms with Gasteiger partial charge in [-0.05, 0) is 24.3 Å². The summed E-state index contributed by atoms with van der Waals surface area (Å²) in [6, 6.07) is 8.18. The zero-order valence-corrected chi connectivity index (χ0v) is 11.9. The van der Waals surface area contributed by atoms with E-state index >= 15 is 0 Å². The van der Waals surface area contributed by atoms with Crippen LogP contribution in [0, 0.1) is 0 Å². The first-order valence-electron chi connectivity index (χ1n) is 6.09. The van der Waals surface area contributed by atoms with Crippen LogP contribution in [0.15, 0.2) is 47.6 Å². The van der Waals surface area contributed by atoms with E-state index in [4.69, 9.17) is 0 Å². The van der Waals surface area contributed by atoms with Crippen molar-refractivity contribution in [2.24, 2.45) is 0 Å². The number of alkyl halides is 3. The number of carbonyl (C=O) groups is 1. The lowest BCUT2D eigenvalue weighted by molar-refractivity contribution is -0.137. The number of carbonyl (C=O) groups excluding carboxylic acids is 1. The molecule has 0 fully saturated rings. The van der Waals surface area contributed by atoms with Gasteiger partial charge in [-0.3, -0.25) is 4.79 Å². The SMILES string of the molecule is O=C(CSc1ccc(C(F)(F)F)cn1)Nc1cccc(O)c1. The number of halogens is 3. The van der Waals surface area contributed by atoms with E-state index in [1.165, 1.54) is 18.2 Å². The molecule has 0 bridgehead atoms. The fourth-order valence-electron chi connectivity index (χ4n) is 1.55. The van der Waals surface area contributed by atoms with Gasteiger partial charge in [-0.1, -0.05) is 17.8 Å². The highest BCUT2D eigenvalue weighted by Crippen LogP contribution is 2.29. The van der Waals surface area contributed by atoms with Crippen molar-refractivity contribution >= 4 is 23.4 Å². The third kappa shape index (κ3) is 4.66. The highest BCUT2D eigenvalue weighted by molar-refractivity contribution is 7.99. The molecule has 1 aromatic carbocycles. The summed E-state index contributed by atoms with van der Waals surface area (Å²) in [5, 5.41) is 12.1. The van der Waals surface area contributed by atoms with Crippen LogP contribution < -0.4 is 5.32 Å². The second-order valence-electron chi connectivity index (χ2n) is 4.27. The molecule has 0 aliphatic carbocycles. The first-order valence-corrected chi connectivity index (χ1v) is 7.08. The molecule has 0 saturated heterocycles. The van der Waals surface area contributed by atoms with Crippen LogP contribution in [0.1, 0.15) is 5.56 Å². The van der Waals surface area contributed by atoms with Gasteiger partial charge in [0, 0.05) is 18.0 Å². The number of aromatic hydroxyl groups is 1. The molecule has 4 nitrogen and oxygen atoms in total. The Bertz CT molecular complexity index is 660. The Labute approximate surface area is 128 Å². The quantitative estimate of drug-likeness (QED) is 0.843. The van der Waals surface area contributed by atoms with E-state index in [9.17, 15) is 23.1 Å². The Kier molecular flexibility index (Phi) is 4.92. The molecule has 22 heavy (non-hydrogen) atoms. The Balaban J connectivity index is 1.88. The predicted octanol–water partition coefficient (Wildman–Crippen LogP) is 3.54. The lowest BCUT2D eigenvalue weighted by Gasteiger charge is -2.07. The molecule has 116 valence electrons. The maximum atomic E-state index is 12.4. The first-order chi connectivity index (χ1) is 10.3. The van der Waals surface area contributed by atoms with Crippen LogP contribution in [-0.4, -0.2) is 21.8 Å². The standard InChI is InChI=1S/C14H11F3N2O2S/c15-14(16,17)9-4-5-13(18-7-9)22-8-12(21)19-10-2-1-3-11(20)6-10/h1-7,20H,8H2,(H,19,21). The minimum absolute atomic E-state index is 0.00593. The number of benzene rings is 1. The second kappa shape index (κ2) is 6.69. The first kappa shape index (κ1) is 16.2. The molecule has 0 radical (unpaired) electrons. The fraction of sp³-hybridized carbons (Fsp3) is 0.143. The summed E-state index contributed by atoms with van der Waals surface area (Å²) in [6.07, 6.45) is -3.70. The highest BCUT2D eigenvalue weighted by Gasteiger charge is 2.30. The van der Waals surface area contributed by atoms with E-state index in [0.717, 1.165) is 24.0 Å². The number of thioether (sulfide) groups is 1. The van der Waals surface area contributed by atoms with Crippen LogP contribution in [0.4, 0.5) is 18.9 Å². The van der Waals surface area contributed by atoms with Gasteiger partial charge in [0.15, 0.2) is 0 Å². The van der Waals surface area contributed by atoms with Crippen molar-refractivity contribution in [2.75, 3.05) is 11.1 Å². The summed E-state index contributed by atoms with van der Waals surface area (Å²) in [7, 11) is 0. The predicted molar refractivity (Wildman–Crippen MR) is 76.7 cm³/mol. The van der Waals surface area contributed by atoms with Gasteiger partial charge in [0.2, 0.25) is 5.91 Å². The van der Waals surface area contributed by atoms with Crippen molar-refractivity contribution < 1.29 is 23.1 Å². The number of rotatable bonds is 4. The smallest absolute Gasteiger partial charge is 0.417 e. The van der Waals surface area contributed by atoms with E-state index in [2.05, 4.69) is 10.3 Å². The normalized spacial score (nSPS) is 11.2. The number of aromatic nitrogens is 1. The van der Waals surface area contributed by atoms with Gasteiger partial charge >= 0.3 is 6.18 Å². The maximum absolute atomic E-state index is 12.4. The van der Waals surface area contributed by atoms with Crippen molar-refractivity contribution in [3.8, 4) is 5.75 Å². The molecule has 0 aliphatic rings. The number of nitrogens with one attached hydrogen (secondary N) is 1. The van der Waals surface area contributed by atoms with Gasteiger partial charge in [0.05, 0.1) is 16.3 Å². The van der Waals surface area contributed by atoms with E-state index in [-0.39, 0.29) is 17.4 Å². The maximum Gasteiger partial charge on any atom is 0.417 e. The zero-order valence-electron chi connectivity index (χ0n) is 11.1. The van der Waals surface area contributed by atoms with Crippen LogP contribution in [0.5, 0.6) is 5.75 Å². The summed E-state index contributed by atoms with van der Waals surface area (Å²) < 4.78 is 37.1. The van der Waals surface area contributed by atoms with Crippen molar-refractivity contribution in [3.05, 3.63) is 48.2 Å². The van der Waals surface area contributed by atoms with E-state index < -0.39 is 11.7 Å². The van der Waals surface area contributed by atoms with E-state index in [1.807, 2.05) is 0 Å². The zero-order chi connectivity index (χ0) is 16.2. The average molecular weight is 328 g/mol. The van der Waals surface area contributed by atoms with Gasteiger partial charge in [-0.25, -0.2) is 4.98 Å². The van der Waals surface area contributed by atoms with Crippen LogP contribution in [-0.2, 0) is 11.0 Å². The third-order valence-electron chi connectivity index (χ3n) is 2.54. The summed E-state index contributed by atoms with van der Waals surface area (Å²) in [6.45, 7) is 0. The number of amides is 1. The van der Waals surface area contributed by atoms with Gasteiger partial charge < -0.3 is 10.4 Å². The van der Waals surface area contributed by atoms with Crippen molar-refractivity contribution in [1.82, 2.24) is 4.98 Å². The minimum atomic E-state index is -4.43. The fourth-order valence-corrected chi connectivity index (χ4v) is 2.20. The van der Waals surface area contributed by atoms with Crippen LogP contribution >= 0.6 is 11.8 Å². The summed E-state index contributed by atoms with van der Waals surface area (Å²) >= 11 is 1.02. The molecule has 2 rings (SSSR count). The van der Waals surface area contributed by atoms with Crippen molar-refractivity contribution in [1.29, 1.82) is 0 Å². The molecule has 8 heteroatoms. The van der Waals surface area contributed by atoms with Gasteiger partial charge in [0.1, 0.15) is 5.75 Å². The van der Waals surface area contributed by atoms with Crippen LogP contribution in [0.25, 0.3) is 0 Å². The monoisotopic (exact) mass is 328 g/mol. The summed E-state index contributed by atoms with van der Waals surface area (Å²) in [5.41, 5.74) is -0.396. The Hall–Kier alpha value is -2.22. The lowest BCUT2D eigenvalue weighted by atomic mass is 10.3. The minimum Gasteiger partial charge on any atom is -0.508 e. The number of phenols is 1. The average Bonchev–Trinajstić information content (AvgIpc) is 2.45. The molecule has 1 amide bonds. The molecule has 1 aromatic heterocycles. The Morgan fingerprint density at radius 2 is 2.05 bits per heavy atom. The molecule has 2 N–H and O–H groups in total. The molecule has 0 aliphatic heterocycles. The molecular weight excluding hydrogens is 317 g/mol. The van der Waals surface area contributed by atoms with Crippen molar-refractivity contribution in [3.63, 3.8) is 0 Å². The number of anilines is 1. The Morgan fingerprint density at radius 3 is 2.64 bits per heavy atom. The number of pyridine rings is 1. The molecule has 0 atom stereocenters. The van der Waals surface area contributed by atoms with Crippen molar-refractivity contribution in [2.45, 2.75) is 11.2 Å². The molecule has 0 saturated carbocycles. The molecular formula is C14H11F3N2O2S. The molecule has 0 spiro atoms. The van der Waals surface area contributed by atoms with Crippen LogP contribution in [0.2, 0.25) is 0 Å².